The van der Waals surface area contributed by atoms with E-state index in [0.717, 1.165) is 24.5 Å². The van der Waals surface area contributed by atoms with Gasteiger partial charge in [-0.25, -0.2) is 0 Å². The summed E-state index contributed by atoms with van der Waals surface area (Å²) in [7, 11) is 0. The number of nitrogens with zero attached hydrogens (tertiary/aromatic N) is 1. The van der Waals surface area contributed by atoms with Crippen molar-refractivity contribution in [2.24, 2.45) is 11.8 Å². The molecule has 2 atom stereocenters. The highest BCUT2D eigenvalue weighted by atomic mass is 16.5. The molecule has 0 bridgehead atoms. The van der Waals surface area contributed by atoms with Crippen molar-refractivity contribution in [2.75, 3.05) is 26.2 Å². The van der Waals surface area contributed by atoms with E-state index < -0.39 is 0 Å². The number of hydrogen-bond donors (Lipinski definition) is 1. The van der Waals surface area contributed by atoms with Gasteiger partial charge in [-0.15, -0.1) is 0 Å². The molecule has 1 heterocycles. The Labute approximate surface area is 227 Å². The molecule has 2 unspecified atom stereocenters. The summed E-state index contributed by atoms with van der Waals surface area (Å²) in [5.74, 6) is 1.71. The van der Waals surface area contributed by atoms with Crippen molar-refractivity contribution in [1.29, 1.82) is 0 Å². The van der Waals surface area contributed by atoms with Gasteiger partial charge in [-0.3, -0.25) is 0 Å². The fraction of sp³-hybridized carbons (Fsp3) is 1.00. The first-order chi connectivity index (χ1) is 17.7. The van der Waals surface area contributed by atoms with Crippen LogP contribution in [0.15, 0.2) is 0 Å². The number of unbranched alkanes of at least 4 members (excludes halogenated alkanes) is 9. The van der Waals surface area contributed by atoms with E-state index in [-0.39, 0.29) is 0 Å². The second kappa shape index (κ2) is 20.8. The van der Waals surface area contributed by atoms with E-state index >= 15 is 0 Å². The van der Waals surface area contributed by atoms with Crippen molar-refractivity contribution < 1.29 is 4.74 Å². The van der Waals surface area contributed by atoms with Gasteiger partial charge >= 0.3 is 0 Å². The van der Waals surface area contributed by atoms with Crippen LogP contribution < -0.4 is 5.32 Å². The van der Waals surface area contributed by atoms with Gasteiger partial charge in [-0.05, 0) is 69.9 Å². The Morgan fingerprint density at radius 2 is 1.28 bits per heavy atom. The lowest BCUT2D eigenvalue weighted by atomic mass is 9.87. The van der Waals surface area contributed by atoms with Crippen LogP contribution in [-0.2, 0) is 4.74 Å². The summed E-state index contributed by atoms with van der Waals surface area (Å²) >= 11 is 0. The number of nitrogens with one attached hydrogen (secondary N) is 1. The second-order valence-electron chi connectivity index (χ2n) is 12.6. The Balaban J connectivity index is 1.55. The van der Waals surface area contributed by atoms with E-state index in [1.54, 1.807) is 0 Å². The molecule has 3 heteroatoms. The Hall–Kier alpha value is -0.120. The van der Waals surface area contributed by atoms with E-state index in [0.29, 0.717) is 12.1 Å². The van der Waals surface area contributed by atoms with Crippen LogP contribution in [0, 0.1) is 11.8 Å². The monoisotopic (exact) mass is 507 g/mol. The van der Waals surface area contributed by atoms with Crippen LogP contribution in [0.2, 0.25) is 0 Å². The largest absolute Gasteiger partial charge is 0.378 e. The molecule has 0 amide bonds. The standard InChI is InChI=1S/C33H66N2O/c1-5-9-12-14-17-20-31(19-15-11-7-3)34-32-25-33(26-32)36-28-30-21-23-35(24-22-30)27-29(8-4)18-16-13-10-6-2/h29-34H,5-28H2,1-4H3/t29?,31?,32-,33-. The van der Waals surface area contributed by atoms with Gasteiger partial charge in [0, 0.05) is 25.2 Å². The molecule has 36 heavy (non-hydrogen) atoms. The number of piperidine rings is 1. The van der Waals surface area contributed by atoms with Crippen LogP contribution in [-0.4, -0.2) is 49.3 Å². The summed E-state index contributed by atoms with van der Waals surface area (Å²) in [5.41, 5.74) is 0. The third-order valence-corrected chi connectivity index (χ3v) is 9.21. The fourth-order valence-corrected chi connectivity index (χ4v) is 6.37. The maximum atomic E-state index is 6.41. The van der Waals surface area contributed by atoms with E-state index in [1.165, 1.54) is 148 Å². The molecule has 1 aliphatic carbocycles. The normalized spacial score (nSPS) is 23.0. The zero-order valence-electron chi connectivity index (χ0n) is 25.2. The molecule has 1 aliphatic heterocycles. The summed E-state index contributed by atoms with van der Waals surface area (Å²) in [5, 5.41) is 4.04. The summed E-state index contributed by atoms with van der Waals surface area (Å²) in [6.07, 6.45) is 28.0. The topological polar surface area (TPSA) is 24.5 Å². The highest BCUT2D eigenvalue weighted by Gasteiger charge is 2.32. The smallest absolute Gasteiger partial charge is 0.0605 e. The molecule has 3 nitrogen and oxygen atoms in total. The SMILES string of the molecule is CCCCCCCC(CCCCC)N[C@H]1C[C@H](OCC2CCN(CC(CC)CCCCCC)CC2)C1. The lowest BCUT2D eigenvalue weighted by Gasteiger charge is -2.40. The van der Waals surface area contributed by atoms with E-state index in [1.807, 2.05) is 0 Å². The maximum Gasteiger partial charge on any atom is 0.0605 e. The Bertz CT molecular complexity index is 484. The Kier molecular flexibility index (Phi) is 18.5. The number of likely N-dealkylation sites (tertiary alicyclic amines) is 1. The van der Waals surface area contributed by atoms with E-state index in [9.17, 15) is 0 Å². The predicted molar refractivity (Wildman–Crippen MR) is 159 cm³/mol. The van der Waals surface area contributed by atoms with Crippen LogP contribution in [0.25, 0.3) is 0 Å². The van der Waals surface area contributed by atoms with Gasteiger partial charge in [0.2, 0.25) is 0 Å². The first-order valence-corrected chi connectivity index (χ1v) is 16.8. The van der Waals surface area contributed by atoms with Crippen molar-refractivity contribution in [2.45, 2.75) is 174 Å². The minimum absolute atomic E-state index is 0.522. The first kappa shape index (κ1) is 32.1. The van der Waals surface area contributed by atoms with Gasteiger partial charge in [0.15, 0.2) is 0 Å². The van der Waals surface area contributed by atoms with Crippen molar-refractivity contribution in [3.8, 4) is 0 Å². The Morgan fingerprint density at radius 3 is 1.92 bits per heavy atom. The minimum Gasteiger partial charge on any atom is -0.378 e. The van der Waals surface area contributed by atoms with Crippen molar-refractivity contribution >= 4 is 0 Å². The van der Waals surface area contributed by atoms with Gasteiger partial charge in [0.1, 0.15) is 0 Å². The zero-order valence-corrected chi connectivity index (χ0v) is 25.2. The molecule has 2 aliphatic rings. The predicted octanol–water partition coefficient (Wildman–Crippen LogP) is 9.14. The molecule has 0 radical (unpaired) electrons. The molecule has 0 aromatic carbocycles. The lowest BCUT2D eigenvalue weighted by Crippen LogP contribution is -2.50. The number of hydrogen-bond acceptors (Lipinski definition) is 3. The summed E-state index contributed by atoms with van der Waals surface area (Å²) in [6, 6.07) is 1.45. The quantitative estimate of drug-likeness (QED) is 0.140. The molecule has 214 valence electrons. The lowest BCUT2D eigenvalue weighted by molar-refractivity contribution is -0.0430. The highest BCUT2D eigenvalue weighted by Crippen LogP contribution is 2.28. The third-order valence-electron chi connectivity index (χ3n) is 9.21. The maximum absolute atomic E-state index is 6.41. The average Bonchev–Trinajstić information content (AvgIpc) is 2.87. The molecule has 0 spiro atoms. The van der Waals surface area contributed by atoms with Crippen molar-refractivity contribution in [3.63, 3.8) is 0 Å². The third kappa shape index (κ3) is 14.1. The molecule has 1 N–H and O–H groups in total. The van der Waals surface area contributed by atoms with Crippen LogP contribution in [0.1, 0.15) is 156 Å². The molecule has 0 aromatic rings. The van der Waals surface area contributed by atoms with E-state index in [2.05, 4.69) is 37.9 Å². The zero-order chi connectivity index (χ0) is 25.8. The van der Waals surface area contributed by atoms with Gasteiger partial charge in [0.05, 0.1) is 6.10 Å². The first-order valence-electron chi connectivity index (χ1n) is 16.8. The average molecular weight is 507 g/mol. The van der Waals surface area contributed by atoms with Gasteiger partial charge < -0.3 is 15.0 Å². The summed E-state index contributed by atoms with van der Waals surface area (Å²) < 4.78 is 6.41. The second-order valence-corrected chi connectivity index (χ2v) is 12.6. The van der Waals surface area contributed by atoms with Crippen LogP contribution in [0.3, 0.4) is 0 Å². The van der Waals surface area contributed by atoms with Gasteiger partial charge in [0.25, 0.3) is 0 Å². The molecule has 1 saturated carbocycles. The molecule has 1 saturated heterocycles. The van der Waals surface area contributed by atoms with Crippen LogP contribution in [0.4, 0.5) is 0 Å². The molecular formula is C33H66N2O. The van der Waals surface area contributed by atoms with Crippen molar-refractivity contribution in [3.05, 3.63) is 0 Å². The van der Waals surface area contributed by atoms with Crippen LogP contribution >= 0.6 is 0 Å². The molecule has 0 aromatic heterocycles. The molecule has 2 fully saturated rings. The summed E-state index contributed by atoms with van der Waals surface area (Å²) in [6.45, 7) is 14.3. The number of rotatable bonds is 23. The minimum atomic E-state index is 0.522. The summed E-state index contributed by atoms with van der Waals surface area (Å²) in [4.78, 5) is 2.76. The van der Waals surface area contributed by atoms with Gasteiger partial charge in [-0.2, -0.15) is 0 Å². The number of ether oxygens (including phenoxy) is 1. The van der Waals surface area contributed by atoms with Crippen molar-refractivity contribution in [1.82, 2.24) is 10.2 Å². The fourth-order valence-electron chi connectivity index (χ4n) is 6.37. The molecular weight excluding hydrogens is 440 g/mol. The highest BCUT2D eigenvalue weighted by molar-refractivity contribution is 4.89. The Morgan fingerprint density at radius 1 is 0.722 bits per heavy atom. The van der Waals surface area contributed by atoms with E-state index in [4.69, 9.17) is 4.74 Å². The van der Waals surface area contributed by atoms with Gasteiger partial charge in [-0.1, -0.05) is 111 Å². The molecule has 2 rings (SSSR count). The van der Waals surface area contributed by atoms with Crippen LogP contribution in [0.5, 0.6) is 0 Å².